The second kappa shape index (κ2) is 9.97. The fourth-order valence-corrected chi connectivity index (χ4v) is 4.70. The van der Waals surface area contributed by atoms with Crippen LogP contribution in [-0.2, 0) is 15.0 Å². The Balaban J connectivity index is 1.70. The van der Waals surface area contributed by atoms with Crippen LogP contribution >= 0.6 is 15.9 Å². The minimum absolute atomic E-state index is 0.0539. The Morgan fingerprint density at radius 2 is 1.88 bits per heavy atom. The highest BCUT2D eigenvalue weighted by atomic mass is 79.9. The second-order valence-electron chi connectivity index (χ2n) is 8.67. The molecule has 0 radical (unpaired) electrons. The van der Waals surface area contributed by atoms with Crippen molar-refractivity contribution < 1.29 is 24.0 Å². The number of likely N-dealkylation sites (tertiary alicyclic amines) is 1. The molecule has 0 aliphatic carbocycles. The molecular formula is C25H26BrN3O5. The Morgan fingerprint density at radius 1 is 1.18 bits per heavy atom. The lowest BCUT2D eigenvalue weighted by atomic mass is 9.72. The molecule has 2 heterocycles. The van der Waals surface area contributed by atoms with Gasteiger partial charge in [-0.3, -0.25) is 4.79 Å². The lowest BCUT2D eigenvalue weighted by molar-refractivity contribution is -0.139. The van der Waals surface area contributed by atoms with Crippen molar-refractivity contribution in [3.8, 4) is 17.2 Å². The average Bonchev–Trinajstić information content (AvgIpc) is 3.34. The molecule has 34 heavy (non-hydrogen) atoms. The number of aliphatic carboxylic acids is 1. The smallest absolute Gasteiger partial charge is 0.341 e. The van der Waals surface area contributed by atoms with Gasteiger partial charge in [0.15, 0.2) is 12.4 Å². The Labute approximate surface area is 206 Å². The Hall–Kier alpha value is -3.20. The number of hydrogen-bond acceptors (Lipinski definition) is 6. The van der Waals surface area contributed by atoms with Crippen LogP contribution in [0.25, 0.3) is 11.5 Å². The SMILES string of the molecule is CC(C)C(=O)N1CCC(c2ccccc2)(c2noc(-c3cc(Br)ccc3OCC(=O)O)n2)CC1. The minimum Gasteiger partial charge on any atom is -0.481 e. The third-order valence-electron chi connectivity index (χ3n) is 6.13. The van der Waals surface area contributed by atoms with Crippen LogP contribution < -0.4 is 4.74 Å². The van der Waals surface area contributed by atoms with Gasteiger partial charge in [-0.2, -0.15) is 4.98 Å². The fraction of sp³-hybridized carbons (Fsp3) is 0.360. The van der Waals surface area contributed by atoms with Gasteiger partial charge in [0.05, 0.1) is 11.0 Å². The number of carbonyl (C=O) groups excluding carboxylic acids is 1. The summed E-state index contributed by atoms with van der Waals surface area (Å²) in [4.78, 5) is 30.2. The third-order valence-corrected chi connectivity index (χ3v) is 6.62. The number of ether oxygens (including phenoxy) is 1. The molecule has 3 aromatic rings. The normalized spacial score (nSPS) is 15.4. The number of carbonyl (C=O) groups is 2. The van der Waals surface area contributed by atoms with Gasteiger partial charge < -0.3 is 19.3 Å². The summed E-state index contributed by atoms with van der Waals surface area (Å²) in [5.41, 5.74) is 1.06. The maximum Gasteiger partial charge on any atom is 0.341 e. The van der Waals surface area contributed by atoms with E-state index in [1.165, 1.54) is 0 Å². The molecule has 1 amide bonds. The zero-order valence-electron chi connectivity index (χ0n) is 19.0. The van der Waals surface area contributed by atoms with Crippen molar-refractivity contribution in [3.63, 3.8) is 0 Å². The molecule has 0 spiro atoms. The van der Waals surface area contributed by atoms with Crippen LogP contribution in [0.5, 0.6) is 5.75 Å². The summed E-state index contributed by atoms with van der Waals surface area (Å²) in [6.07, 6.45) is 1.32. The van der Waals surface area contributed by atoms with Crippen molar-refractivity contribution in [2.24, 2.45) is 5.92 Å². The molecule has 0 bridgehead atoms. The van der Waals surface area contributed by atoms with Gasteiger partial charge in [0.1, 0.15) is 5.75 Å². The molecule has 1 N–H and O–H groups in total. The zero-order chi connectivity index (χ0) is 24.3. The molecule has 178 valence electrons. The number of hydrogen-bond donors (Lipinski definition) is 1. The molecule has 9 heteroatoms. The highest BCUT2D eigenvalue weighted by Crippen LogP contribution is 2.42. The number of aromatic nitrogens is 2. The number of nitrogens with zero attached hydrogens (tertiary/aromatic N) is 3. The summed E-state index contributed by atoms with van der Waals surface area (Å²) in [7, 11) is 0. The van der Waals surface area contributed by atoms with E-state index in [2.05, 4.69) is 33.2 Å². The monoisotopic (exact) mass is 527 g/mol. The highest BCUT2D eigenvalue weighted by molar-refractivity contribution is 9.10. The number of halogens is 1. The summed E-state index contributed by atoms with van der Waals surface area (Å²) >= 11 is 3.44. The van der Waals surface area contributed by atoms with Crippen LogP contribution in [0.4, 0.5) is 0 Å². The van der Waals surface area contributed by atoms with Crippen molar-refractivity contribution in [1.82, 2.24) is 15.0 Å². The summed E-state index contributed by atoms with van der Waals surface area (Å²) in [5.74, 6) is 0.131. The first kappa shape index (κ1) is 23.9. The Kier molecular flexibility index (Phi) is 7.02. The first-order chi connectivity index (χ1) is 16.3. The molecule has 2 aromatic carbocycles. The van der Waals surface area contributed by atoms with Crippen molar-refractivity contribution in [3.05, 3.63) is 64.4 Å². The van der Waals surface area contributed by atoms with Crippen LogP contribution in [0.15, 0.2) is 57.5 Å². The average molecular weight is 528 g/mol. The van der Waals surface area contributed by atoms with Gasteiger partial charge in [0.25, 0.3) is 5.89 Å². The van der Waals surface area contributed by atoms with Gasteiger partial charge in [-0.05, 0) is 36.6 Å². The predicted molar refractivity (Wildman–Crippen MR) is 128 cm³/mol. The summed E-state index contributed by atoms with van der Waals surface area (Å²) in [5, 5.41) is 13.4. The standard InChI is InChI=1S/C25H26BrN3O5/c1-16(2)23(32)29-12-10-25(11-13-29,17-6-4-3-5-7-17)24-27-22(34-28-24)19-14-18(26)8-9-20(19)33-15-21(30)31/h3-9,14,16H,10-13,15H2,1-2H3,(H,30,31). The van der Waals surface area contributed by atoms with E-state index in [0.29, 0.717) is 43.1 Å². The fourth-order valence-electron chi connectivity index (χ4n) is 4.33. The zero-order valence-corrected chi connectivity index (χ0v) is 20.6. The highest BCUT2D eigenvalue weighted by Gasteiger charge is 2.43. The topological polar surface area (TPSA) is 106 Å². The van der Waals surface area contributed by atoms with E-state index >= 15 is 0 Å². The maximum absolute atomic E-state index is 12.6. The molecule has 8 nitrogen and oxygen atoms in total. The number of rotatable bonds is 7. The van der Waals surface area contributed by atoms with Crippen molar-refractivity contribution >= 4 is 27.8 Å². The molecule has 1 aliphatic rings. The summed E-state index contributed by atoms with van der Waals surface area (Å²) < 4.78 is 11.9. The third kappa shape index (κ3) is 4.84. The molecule has 1 aliphatic heterocycles. The van der Waals surface area contributed by atoms with E-state index in [-0.39, 0.29) is 17.7 Å². The first-order valence-corrected chi connectivity index (χ1v) is 11.9. The van der Waals surface area contributed by atoms with E-state index in [0.717, 1.165) is 10.0 Å². The summed E-state index contributed by atoms with van der Waals surface area (Å²) in [6.45, 7) is 4.53. The van der Waals surface area contributed by atoms with Gasteiger partial charge >= 0.3 is 5.97 Å². The number of carboxylic acids is 1. The Bertz CT molecular complexity index is 1170. The van der Waals surface area contributed by atoms with Gasteiger partial charge in [-0.15, -0.1) is 0 Å². The second-order valence-corrected chi connectivity index (χ2v) is 9.59. The molecule has 1 saturated heterocycles. The molecule has 0 unspecified atom stereocenters. The van der Waals surface area contributed by atoms with Gasteiger partial charge in [-0.1, -0.05) is 65.3 Å². The van der Waals surface area contributed by atoms with Gasteiger partial charge in [0.2, 0.25) is 5.91 Å². The van der Waals surface area contributed by atoms with E-state index in [4.69, 9.17) is 19.4 Å². The van der Waals surface area contributed by atoms with Crippen LogP contribution in [0.1, 0.15) is 38.1 Å². The van der Waals surface area contributed by atoms with Crippen LogP contribution in [0.2, 0.25) is 0 Å². The lowest BCUT2D eigenvalue weighted by Crippen LogP contribution is -2.47. The maximum atomic E-state index is 12.6. The first-order valence-electron chi connectivity index (χ1n) is 11.1. The van der Waals surface area contributed by atoms with Crippen molar-refractivity contribution in [1.29, 1.82) is 0 Å². The van der Waals surface area contributed by atoms with E-state index in [1.54, 1.807) is 18.2 Å². The largest absolute Gasteiger partial charge is 0.481 e. The molecule has 0 atom stereocenters. The van der Waals surface area contributed by atoms with Gasteiger partial charge in [0, 0.05) is 23.5 Å². The van der Waals surface area contributed by atoms with E-state index < -0.39 is 18.0 Å². The number of amides is 1. The number of benzene rings is 2. The quantitative estimate of drug-likeness (QED) is 0.481. The minimum atomic E-state index is -1.08. The van der Waals surface area contributed by atoms with Crippen molar-refractivity contribution in [2.45, 2.75) is 32.1 Å². The Morgan fingerprint density at radius 3 is 2.53 bits per heavy atom. The molecule has 4 rings (SSSR count). The molecule has 1 fully saturated rings. The van der Waals surface area contributed by atoms with Crippen LogP contribution in [0.3, 0.4) is 0 Å². The molecule has 0 saturated carbocycles. The van der Waals surface area contributed by atoms with Crippen LogP contribution in [-0.4, -0.2) is 51.7 Å². The van der Waals surface area contributed by atoms with E-state index in [9.17, 15) is 9.59 Å². The van der Waals surface area contributed by atoms with Crippen LogP contribution in [0, 0.1) is 5.92 Å². The van der Waals surface area contributed by atoms with E-state index in [1.807, 2.05) is 36.9 Å². The molecular weight excluding hydrogens is 502 g/mol. The molecule has 1 aromatic heterocycles. The predicted octanol–water partition coefficient (Wildman–Crippen LogP) is 4.53. The number of piperidine rings is 1. The van der Waals surface area contributed by atoms with Gasteiger partial charge in [-0.25, -0.2) is 4.79 Å². The lowest BCUT2D eigenvalue weighted by Gasteiger charge is -2.40. The van der Waals surface area contributed by atoms with Crippen molar-refractivity contribution in [2.75, 3.05) is 19.7 Å². The number of carboxylic acid groups (broad SMARTS) is 1. The summed E-state index contributed by atoms with van der Waals surface area (Å²) in [6, 6.07) is 15.2.